The standard InChI is InChI=1S/C18H13NO2/c20-17-15-13-9-5-1-2-6-10(9)14(16(15)18(21)19-17)12-8-4-3-7-11(12)13/h1-8,13-16H,(H,19,20,21)/t13?,14?,15-,16+. The Labute approximate surface area is 122 Å². The third-order valence-corrected chi connectivity index (χ3v) is 5.29. The van der Waals surface area contributed by atoms with Crippen molar-refractivity contribution in [1.29, 1.82) is 0 Å². The first-order valence-electron chi connectivity index (χ1n) is 7.29. The molecule has 2 bridgehead atoms. The van der Waals surface area contributed by atoms with Crippen LogP contribution in [0.25, 0.3) is 0 Å². The fraction of sp³-hybridized carbons (Fsp3) is 0.222. The molecule has 2 aromatic carbocycles. The second-order valence-electron chi connectivity index (χ2n) is 6.12. The van der Waals surface area contributed by atoms with Gasteiger partial charge in [-0.25, -0.2) is 0 Å². The van der Waals surface area contributed by atoms with Crippen LogP contribution in [0.2, 0.25) is 0 Å². The van der Waals surface area contributed by atoms with Gasteiger partial charge in [0.2, 0.25) is 11.8 Å². The van der Waals surface area contributed by atoms with Crippen molar-refractivity contribution in [3.05, 3.63) is 70.8 Å². The maximum atomic E-state index is 12.3. The van der Waals surface area contributed by atoms with Crippen LogP contribution in [0.4, 0.5) is 0 Å². The van der Waals surface area contributed by atoms with Crippen LogP contribution >= 0.6 is 0 Å². The van der Waals surface area contributed by atoms with Crippen LogP contribution in [0.15, 0.2) is 48.5 Å². The molecule has 2 aromatic rings. The summed E-state index contributed by atoms with van der Waals surface area (Å²) in [6.45, 7) is 0. The highest BCUT2D eigenvalue weighted by Gasteiger charge is 2.58. The van der Waals surface area contributed by atoms with Gasteiger partial charge in [0.05, 0.1) is 11.8 Å². The van der Waals surface area contributed by atoms with Crippen molar-refractivity contribution in [1.82, 2.24) is 5.32 Å². The van der Waals surface area contributed by atoms with E-state index in [9.17, 15) is 9.59 Å². The summed E-state index contributed by atoms with van der Waals surface area (Å²) in [6.07, 6.45) is 0. The van der Waals surface area contributed by atoms with E-state index >= 15 is 0 Å². The van der Waals surface area contributed by atoms with E-state index in [0.717, 1.165) is 0 Å². The van der Waals surface area contributed by atoms with Crippen molar-refractivity contribution in [2.45, 2.75) is 11.8 Å². The van der Waals surface area contributed by atoms with Gasteiger partial charge in [-0.1, -0.05) is 48.5 Å². The zero-order valence-corrected chi connectivity index (χ0v) is 11.2. The van der Waals surface area contributed by atoms with Gasteiger partial charge in [-0.05, 0) is 22.3 Å². The minimum atomic E-state index is -0.243. The molecule has 21 heavy (non-hydrogen) atoms. The van der Waals surface area contributed by atoms with Gasteiger partial charge in [0.15, 0.2) is 0 Å². The lowest BCUT2D eigenvalue weighted by molar-refractivity contribution is -0.126. The molecule has 1 heterocycles. The lowest BCUT2D eigenvalue weighted by Crippen LogP contribution is -2.41. The summed E-state index contributed by atoms with van der Waals surface area (Å²) in [5, 5.41) is 2.55. The minimum Gasteiger partial charge on any atom is -0.296 e. The number of amides is 2. The summed E-state index contributed by atoms with van der Waals surface area (Å²) in [6, 6.07) is 16.5. The van der Waals surface area contributed by atoms with Crippen LogP contribution in [0.1, 0.15) is 34.1 Å². The summed E-state index contributed by atoms with van der Waals surface area (Å²) in [7, 11) is 0. The fourth-order valence-electron chi connectivity index (χ4n) is 4.60. The van der Waals surface area contributed by atoms with E-state index in [0.29, 0.717) is 0 Å². The van der Waals surface area contributed by atoms with E-state index < -0.39 is 0 Å². The summed E-state index contributed by atoms with van der Waals surface area (Å²) in [5.74, 6) is -0.676. The second kappa shape index (κ2) is 3.61. The van der Waals surface area contributed by atoms with Crippen LogP contribution < -0.4 is 5.32 Å². The Morgan fingerprint density at radius 1 is 0.619 bits per heavy atom. The summed E-state index contributed by atoms with van der Waals surface area (Å²) in [5.41, 5.74) is 4.86. The van der Waals surface area contributed by atoms with Gasteiger partial charge < -0.3 is 0 Å². The molecule has 0 radical (unpaired) electrons. The van der Waals surface area contributed by atoms with E-state index in [1.165, 1.54) is 22.3 Å². The number of carbonyl (C=O) groups is 2. The number of nitrogens with one attached hydrogen (secondary N) is 1. The Bertz CT molecular complexity index is 697. The third-order valence-electron chi connectivity index (χ3n) is 5.29. The van der Waals surface area contributed by atoms with Crippen LogP contribution in [0, 0.1) is 11.8 Å². The van der Waals surface area contributed by atoms with Gasteiger partial charge in [0.25, 0.3) is 0 Å². The number of carbonyl (C=O) groups excluding carboxylic acids is 2. The maximum absolute atomic E-state index is 12.3. The Kier molecular flexibility index (Phi) is 1.94. The molecule has 3 aliphatic carbocycles. The molecule has 102 valence electrons. The number of hydrogen-bond acceptors (Lipinski definition) is 2. The molecular weight excluding hydrogens is 262 g/mol. The average molecular weight is 275 g/mol. The van der Waals surface area contributed by atoms with E-state index in [-0.39, 0.29) is 35.5 Å². The van der Waals surface area contributed by atoms with Gasteiger partial charge >= 0.3 is 0 Å². The van der Waals surface area contributed by atoms with Crippen molar-refractivity contribution in [3.8, 4) is 0 Å². The average Bonchev–Trinajstić information content (AvgIpc) is 2.83. The predicted octanol–water partition coefficient (Wildman–Crippen LogP) is 2.17. The molecule has 2 amide bonds. The monoisotopic (exact) mass is 275 g/mol. The minimum absolute atomic E-state index is 0.0128. The van der Waals surface area contributed by atoms with Gasteiger partial charge in [-0.2, -0.15) is 0 Å². The molecule has 4 aliphatic rings. The molecular formula is C18H13NO2. The van der Waals surface area contributed by atoms with Crippen LogP contribution in [0.5, 0.6) is 0 Å². The normalized spacial score (nSPS) is 31.4. The Balaban J connectivity index is 1.88. The van der Waals surface area contributed by atoms with Crippen LogP contribution in [-0.4, -0.2) is 11.8 Å². The molecule has 1 saturated heterocycles. The predicted molar refractivity (Wildman–Crippen MR) is 76.7 cm³/mol. The molecule has 3 nitrogen and oxygen atoms in total. The topological polar surface area (TPSA) is 46.2 Å². The zero-order chi connectivity index (χ0) is 14.1. The zero-order valence-electron chi connectivity index (χ0n) is 11.2. The molecule has 1 N–H and O–H groups in total. The summed E-state index contributed by atoms with van der Waals surface area (Å²) < 4.78 is 0. The molecule has 0 saturated carbocycles. The van der Waals surface area contributed by atoms with Crippen molar-refractivity contribution in [2.24, 2.45) is 11.8 Å². The fourth-order valence-corrected chi connectivity index (χ4v) is 4.60. The van der Waals surface area contributed by atoms with E-state index in [4.69, 9.17) is 0 Å². The molecule has 6 rings (SSSR count). The third kappa shape index (κ3) is 1.20. The number of benzene rings is 2. The van der Waals surface area contributed by atoms with Crippen molar-refractivity contribution >= 4 is 11.8 Å². The van der Waals surface area contributed by atoms with Crippen molar-refractivity contribution in [3.63, 3.8) is 0 Å². The summed E-state index contributed by atoms with van der Waals surface area (Å²) in [4.78, 5) is 24.6. The Hall–Kier alpha value is -2.42. The highest BCUT2D eigenvalue weighted by atomic mass is 16.2. The quantitative estimate of drug-likeness (QED) is 0.749. The first-order valence-corrected chi connectivity index (χ1v) is 7.29. The van der Waals surface area contributed by atoms with E-state index in [1.807, 2.05) is 24.3 Å². The van der Waals surface area contributed by atoms with Gasteiger partial charge in [-0.15, -0.1) is 0 Å². The maximum Gasteiger partial charge on any atom is 0.231 e. The van der Waals surface area contributed by atoms with Crippen molar-refractivity contribution in [2.75, 3.05) is 0 Å². The molecule has 3 heteroatoms. The Morgan fingerprint density at radius 2 is 0.952 bits per heavy atom. The number of imide groups is 1. The molecule has 0 aromatic heterocycles. The van der Waals surface area contributed by atoms with Crippen LogP contribution in [-0.2, 0) is 9.59 Å². The molecule has 0 unspecified atom stereocenters. The highest BCUT2D eigenvalue weighted by Crippen LogP contribution is 2.59. The largest absolute Gasteiger partial charge is 0.296 e. The van der Waals surface area contributed by atoms with Gasteiger partial charge in [0.1, 0.15) is 0 Å². The first-order chi connectivity index (χ1) is 10.3. The lowest BCUT2D eigenvalue weighted by Gasteiger charge is -2.45. The molecule has 1 aliphatic heterocycles. The Morgan fingerprint density at radius 3 is 1.29 bits per heavy atom. The van der Waals surface area contributed by atoms with Gasteiger partial charge in [-0.3, -0.25) is 14.9 Å². The molecule has 1 fully saturated rings. The highest BCUT2D eigenvalue weighted by molar-refractivity contribution is 6.07. The number of rotatable bonds is 0. The van der Waals surface area contributed by atoms with Crippen molar-refractivity contribution < 1.29 is 9.59 Å². The van der Waals surface area contributed by atoms with Crippen LogP contribution in [0.3, 0.4) is 0 Å². The number of hydrogen-bond donors (Lipinski definition) is 1. The summed E-state index contributed by atoms with van der Waals surface area (Å²) >= 11 is 0. The SMILES string of the molecule is O=C1NC(=O)[C@H]2C3c4ccccc4C(c4ccccc43)[C@@H]12. The van der Waals surface area contributed by atoms with E-state index in [2.05, 4.69) is 29.6 Å². The second-order valence-corrected chi connectivity index (χ2v) is 6.12. The van der Waals surface area contributed by atoms with E-state index in [1.54, 1.807) is 0 Å². The molecule has 0 spiro atoms. The molecule has 2 atom stereocenters. The van der Waals surface area contributed by atoms with Gasteiger partial charge in [0, 0.05) is 11.8 Å². The smallest absolute Gasteiger partial charge is 0.231 e. The lowest BCUT2D eigenvalue weighted by atomic mass is 9.55. The first kappa shape index (κ1) is 11.3.